The van der Waals surface area contributed by atoms with E-state index in [0.717, 1.165) is 5.57 Å². The first-order chi connectivity index (χ1) is 36.5. The molecule has 4 saturated carbocycles. The number of rotatable bonds is 14. The maximum Gasteiger partial charge on any atom is 0.335 e. The topological polar surface area (TPSA) is 368 Å². The Morgan fingerprint density at radius 1 is 0.731 bits per heavy atom. The highest BCUT2D eigenvalue weighted by Gasteiger charge is 2.76. The number of carboxylic acids is 1. The summed E-state index contributed by atoms with van der Waals surface area (Å²) < 4.78 is 48.7. The zero-order valence-corrected chi connectivity index (χ0v) is 46.2. The lowest BCUT2D eigenvalue weighted by atomic mass is 9.33. The largest absolute Gasteiger partial charge is 0.479 e. The first-order valence-electron chi connectivity index (χ1n) is 27.6. The molecule has 0 bridgehead atoms. The Labute approximate surface area is 454 Å². The van der Waals surface area contributed by atoms with Gasteiger partial charge in [0.25, 0.3) is 0 Å². The Balaban J connectivity index is 1.12. The molecule has 12 N–H and O–H groups in total. The Hall–Kier alpha value is -2.79. The molecule has 78 heavy (non-hydrogen) atoms. The van der Waals surface area contributed by atoms with Crippen molar-refractivity contribution >= 4 is 17.9 Å². The van der Waals surface area contributed by atoms with E-state index in [1.165, 1.54) is 0 Å². The molecule has 0 aromatic carbocycles. The van der Waals surface area contributed by atoms with E-state index in [-0.39, 0.29) is 17.8 Å². The quantitative estimate of drug-likeness (QED) is 0.0454. The van der Waals surface area contributed by atoms with Gasteiger partial charge in [0.05, 0.1) is 49.5 Å². The number of allylic oxidation sites excluding steroid dienone is 2. The predicted molar refractivity (Wildman–Crippen MR) is 268 cm³/mol. The average molecular weight is 1120 g/mol. The number of aliphatic carboxylic acids is 1. The third-order valence-corrected chi connectivity index (χ3v) is 20.7. The maximum absolute atomic E-state index is 13.7. The van der Waals surface area contributed by atoms with Crippen molar-refractivity contribution < 1.29 is 114 Å². The second-order valence-corrected chi connectivity index (χ2v) is 25.4. The molecule has 3 heterocycles. The molecule has 0 aromatic heterocycles. The van der Waals surface area contributed by atoms with E-state index in [1.807, 2.05) is 27.7 Å². The number of carboxylic acid groups (broad SMARTS) is 1. The second kappa shape index (κ2) is 22.4. The van der Waals surface area contributed by atoms with Gasteiger partial charge >= 0.3 is 17.9 Å². The van der Waals surface area contributed by atoms with Gasteiger partial charge < -0.3 is 99.2 Å². The van der Waals surface area contributed by atoms with E-state index in [1.54, 1.807) is 33.8 Å². The summed E-state index contributed by atoms with van der Waals surface area (Å²) in [6.07, 6.45) is -25.1. The minimum Gasteiger partial charge on any atom is -0.479 e. The van der Waals surface area contributed by atoms with Crippen molar-refractivity contribution in [3.05, 3.63) is 23.3 Å². The van der Waals surface area contributed by atoms with E-state index in [9.17, 15) is 75.7 Å². The van der Waals surface area contributed by atoms with Crippen LogP contribution in [0, 0.1) is 56.7 Å². The fraction of sp³-hybridized carbons (Fsp3) is 0.873. The van der Waals surface area contributed by atoms with E-state index in [2.05, 4.69) is 19.9 Å². The van der Waals surface area contributed by atoms with Crippen molar-refractivity contribution in [1.82, 2.24) is 0 Å². The van der Waals surface area contributed by atoms with Crippen LogP contribution in [0.5, 0.6) is 0 Å². The van der Waals surface area contributed by atoms with Gasteiger partial charge in [0.2, 0.25) is 0 Å². The minimum absolute atomic E-state index is 0.0974. The normalized spacial score (nSPS) is 50.1. The molecule has 3 aliphatic heterocycles. The summed E-state index contributed by atoms with van der Waals surface area (Å²) >= 11 is 0. The molecule has 8 rings (SSSR count). The summed E-state index contributed by atoms with van der Waals surface area (Å²) in [5.41, 5.74) is -3.68. The van der Waals surface area contributed by atoms with Crippen LogP contribution >= 0.6 is 0 Å². The van der Waals surface area contributed by atoms with Crippen LogP contribution in [0.1, 0.15) is 108 Å². The fourth-order valence-corrected chi connectivity index (χ4v) is 15.7. The third kappa shape index (κ3) is 9.62. The van der Waals surface area contributed by atoms with Gasteiger partial charge in [-0.2, -0.15) is 0 Å². The zero-order chi connectivity index (χ0) is 57.7. The number of carbonyl (C=O) groups excluding carboxylic acids is 2. The van der Waals surface area contributed by atoms with Gasteiger partial charge in [-0.25, -0.2) is 9.59 Å². The van der Waals surface area contributed by atoms with Crippen molar-refractivity contribution in [2.24, 2.45) is 56.7 Å². The molecule has 7 fully saturated rings. The van der Waals surface area contributed by atoms with Gasteiger partial charge in [0.1, 0.15) is 67.1 Å². The van der Waals surface area contributed by atoms with Crippen LogP contribution in [0.4, 0.5) is 0 Å². The fourth-order valence-electron chi connectivity index (χ4n) is 15.7. The number of aliphatic hydroxyl groups is 11. The summed E-state index contributed by atoms with van der Waals surface area (Å²) in [7, 11) is 0. The third-order valence-electron chi connectivity index (χ3n) is 20.7. The van der Waals surface area contributed by atoms with E-state index in [4.69, 9.17) is 37.9 Å². The predicted octanol–water partition coefficient (Wildman–Crippen LogP) is -0.438. The molecular weight excluding hydrogens is 1030 g/mol. The Kier molecular flexibility index (Phi) is 17.6. The van der Waals surface area contributed by atoms with Crippen LogP contribution in [0.2, 0.25) is 0 Å². The minimum atomic E-state index is -2.12. The molecule has 23 nitrogen and oxygen atoms in total. The van der Waals surface area contributed by atoms with Crippen LogP contribution in [0.15, 0.2) is 23.3 Å². The highest BCUT2D eigenvalue weighted by atomic mass is 16.8. The van der Waals surface area contributed by atoms with Crippen molar-refractivity contribution in [2.75, 3.05) is 19.8 Å². The van der Waals surface area contributed by atoms with E-state index >= 15 is 0 Å². The van der Waals surface area contributed by atoms with Crippen molar-refractivity contribution in [3.8, 4) is 0 Å². The molecule has 0 unspecified atom stereocenters. The lowest BCUT2D eigenvalue weighted by Crippen LogP contribution is -2.76. The molecule has 8 aliphatic rings. The zero-order valence-electron chi connectivity index (χ0n) is 46.2. The summed E-state index contributed by atoms with van der Waals surface area (Å²) in [4.78, 5) is 40.0. The summed E-state index contributed by atoms with van der Waals surface area (Å²) in [5, 5.41) is 133. The van der Waals surface area contributed by atoms with E-state index < -0.39 is 193 Å². The number of esters is 2. The van der Waals surface area contributed by atoms with Crippen molar-refractivity contribution in [3.63, 3.8) is 0 Å². The molecule has 0 amide bonds. The summed E-state index contributed by atoms with van der Waals surface area (Å²) in [5.74, 6) is -4.71. The first-order valence-corrected chi connectivity index (χ1v) is 27.6. The highest BCUT2D eigenvalue weighted by Crippen LogP contribution is 2.75. The van der Waals surface area contributed by atoms with E-state index in [0.29, 0.717) is 44.1 Å². The van der Waals surface area contributed by atoms with Crippen LogP contribution in [0.3, 0.4) is 0 Å². The highest BCUT2D eigenvalue weighted by molar-refractivity contribution is 5.87. The molecule has 27 atom stereocenters. The SMILES string of the molecule is C/C=C(/C)C(=O)O[C@H]1[C@H](OC(=O)C(C)C)[C@]2(CO)[C@H](O)[C@H](O)[C@]3(C)C(=CC[C@@H]4[C@@]5(C)CC[C@H](O[C@@H]6O[C@H](C(=O)O)[C@@H](O)[C@H](O[C@@H]7O[C@@H](CO)[C@H](O)[C@H]7O)[C@H]6O[C@@H]6O[C@H](CO)[C@H](O)[C@H](O)[C@H]6O)[C@@H](C)[C@@H]5CC[C@]43C)[C@@H]2CC1(C)C. The van der Waals surface area contributed by atoms with Gasteiger partial charge in [0, 0.05) is 16.4 Å². The van der Waals surface area contributed by atoms with Crippen LogP contribution in [-0.2, 0) is 52.3 Å². The number of hydrogen-bond donors (Lipinski definition) is 12. The van der Waals surface area contributed by atoms with Crippen molar-refractivity contribution in [1.29, 1.82) is 0 Å². The smallest absolute Gasteiger partial charge is 0.335 e. The lowest BCUT2D eigenvalue weighted by molar-refractivity contribution is -0.384. The molecule has 5 aliphatic carbocycles. The Bertz CT molecular complexity index is 2260. The number of carbonyl (C=O) groups is 3. The number of ether oxygens (including phenoxy) is 8. The van der Waals surface area contributed by atoms with Crippen LogP contribution in [-0.4, -0.2) is 216 Å². The lowest BCUT2D eigenvalue weighted by Gasteiger charge is -2.72. The number of fused-ring (bicyclic) bond motifs is 7. The maximum atomic E-state index is 13.7. The monoisotopic (exact) mass is 1110 g/mol. The molecule has 23 heteroatoms. The molecule has 0 aromatic rings. The molecule has 444 valence electrons. The van der Waals surface area contributed by atoms with Crippen LogP contribution in [0.25, 0.3) is 0 Å². The summed E-state index contributed by atoms with van der Waals surface area (Å²) in [6.45, 7) is 16.5. The van der Waals surface area contributed by atoms with Gasteiger partial charge in [-0.3, -0.25) is 4.79 Å². The van der Waals surface area contributed by atoms with Crippen molar-refractivity contribution in [2.45, 2.75) is 224 Å². The molecular formula is C55H86O23. The Morgan fingerprint density at radius 2 is 1.32 bits per heavy atom. The van der Waals surface area contributed by atoms with Gasteiger partial charge in [-0.05, 0) is 86.9 Å². The number of hydrogen-bond acceptors (Lipinski definition) is 22. The average Bonchev–Trinajstić information content (AvgIpc) is 3.46. The molecule has 0 spiro atoms. The standard InChI is InChI=1S/C55H86O23/c1-11-23(4)47(70)77-43-44(78-46(69)22(2)3)55(21-58)27(18-51(43,6)7)26-12-13-31-52(8)16-15-28(24(5)25(52)14-17-53(31,9)54(26,10)41(65)42(55)66)71-50-40(76-49-36(63)34(61)32(59)29(19-56)72-49)38(37(64)39(75-50)45(67)68)74-48-35(62)33(60)30(20-57)73-48/h11-12,22,24-25,27-44,48-50,56-66H,13-21H2,1-10H3,(H,67,68)/b23-11-/t24-,25-,27-,28-,29+,30-,31+,32-,33-,34-,35+,36+,37-,38-,39-,40+,41-,42+,43-,44-,48-,49-,50+,52-,53+,54-,55-/m0/s1. The van der Waals surface area contributed by atoms with Gasteiger partial charge in [-0.1, -0.05) is 73.1 Å². The molecule has 3 saturated heterocycles. The van der Waals surface area contributed by atoms with Gasteiger partial charge in [0.15, 0.2) is 31.1 Å². The van der Waals surface area contributed by atoms with Gasteiger partial charge in [-0.15, -0.1) is 0 Å². The number of aliphatic hydroxyl groups excluding tert-OH is 11. The van der Waals surface area contributed by atoms with Crippen LogP contribution < -0.4 is 0 Å². The molecule has 0 radical (unpaired) electrons. The second-order valence-electron chi connectivity index (χ2n) is 25.4. The summed E-state index contributed by atoms with van der Waals surface area (Å²) in [6, 6.07) is 0. The first kappa shape index (κ1) is 61.3. The Morgan fingerprint density at radius 3 is 1.88 bits per heavy atom.